The third kappa shape index (κ3) is 5.65. The van der Waals surface area contributed by atoms with Gasteiger partial charge in [-0.2, -0.15) is 0 Å². The van der Waals surface area contributed by atoms with Gasteiger partial charge in [-0.15, -0.1) is 0 Å². The van der Waals surface area contributed by atoms with Crippen molar-refractivity contribution < 1.29 is 23.8 Å². The summed E-state index contributed by atoms with van der Waals surface area (Å²) in [7, 11) is 3.87. The van der Waals surface area contributed by atoms with Crippen molar-refractivity contribution in [2.75, 3.05) is 33.8 Å². The molecule has 1 aliphatic heterocycles. The first-order valence-electron chi connectivity index (χ1n) is 11.5. The Morgan fingerprint density at radius 1 is 1.15 bits per heavy atom. The van der Waals surface area contributed by atoms with Crippen molar-refractivity contribution in [3.05, 3.63) is 70.5 Å². The number of ether oxygens (including phenoxy) is 1. The van der Waals surface area contributed by atoms with E-state index in [0.717, 1.165) is 12.1 Å². The second-order valence-corrected chi connectivity index (χ2v) is 9.39. The minimum Gasteiger partial charge on any atom is -0.507 e. The van der Waals surface area contributed by atoms with Gasteiger partial charge in [-0.25, -0.2) is 4.39 Å². The van der Waals surface area contributed by atoms with E-state index < -0.39 is 23.5 Å². The van der Waals surface area contributed by atoms with E-state index in [1.54, 1.807) is 30.3 Å². The van der Waals surface area contributed by atoms with E-state index >= 15 is 0 Å². The van der Waals surface area contributed by atoms with Crippen molar-refractivity contribution in [3.63, 3.8) is 0 Å². The Balaban J connectivity index is 2.03. The Morgan fingerprint density at radius 3 is 2.41 bits per heavy atom. The van der Waals surface area contributed by atoms with Gasteiger partial charge in [-0.1, -0.05) is 26.0 Å². The maximum Gasteiger partial charge on any atom is 0.295 e. The number of aliphatic hydroxyl groups is 1. The van der Waals surface area contributed by atoms with Crippen LogP contribution in [0.25, 0.3) is 5.76 Å². The van der Waals surface area contributed by atoms with Gasteiger partial charge in [0.25, 0.3) is 11.7 Å². The number of halogens is 1. The standard InChI is InChI=1S/C27H33FN2O4/c1-17(2)16-34-22-12-9-20(15-18(22)3)25(31)23-24(19-7-10-21(28)11-8-19)30(27(33)26(23)32)14-6-13-29(4)5/h7-12,15,17,24,31H,6,13-14,16H2,1-5H3/t24-/m1/s1. The molecule has 3 rings (SSSR count). The van der Waals surface area contributed by atoms with Gasteiger partial charge in [0.1, 0.15) is 17.3 Å². The molecule has 0 aliphatic carbocycles. The largest absolute Gasteiger partial charge is 0.507 e. The first-order valence-corrected chi connectivity index (χ1v) is 11.5. The summed E-state index contributed by atoms with van der Waals surface area (Å²) in [6, 6.07) is 10.1. The van der Waals surface area contributed by atoms with Crippen LogP contribution in [0.2, 0.25) is 0 Å². The summed E-state index contributed by atoms with van der Waals surface area (Å²) in [6.07, 6.45) is 0.652. The van der Waals surface area contributed by atoms with Crippen LogP contribution in [-0.4, -0.2) is 60.4 Å². The van der Waals surface area contributed by atoms with E-state index in [4.69, 9.17) is 4.74 Å². The van der Waals surface area contributed by atoms with Crippen LogP contribution in [0.15, 0.2) is 48.0 Å². The zero-order chi connectivity index (χ0) is 25.0. The van der Waals surface area contributed by atoms with Crippen LogP contribution in [0.3, 0.4) is 0 Å². The summed E-state index contributed by atoms with van der Waals surface area (Å²) < 4.78 is 19.4. The molecule has 1 N–H and O–H groups in total. The lowest BCUT2D eigenvalue weighted by Crippen LogP contribution is -2.32. The van der Waals surface area contributed by atoms with Crippen LogP contribution < -0.4 is 4.74 Å². The molecule has 1 amide bonds. The van der Waals surface area contributed by atoms with Crippen molar-refractivity contribution >= 4 is 17.4 Å². The van der Waals surface area contributed by atoms with Crippen molar-refractivity contribution in [1.82, 2.24) is 9.80 Å². The monoisotopic (exact) mass is 468 g/mol. The second kappa shape index (κ2) is 10.8. The number of Topliss-reactive ketones (excluding diaryl/α,β-unsaturated/α-hetero) is 1. The molecule has 6 nitrogen and oxygen atoms in total. The van der Waals surface area contributed by atoms with Crippen LogP contribution in [0.4, 0.5) is 4.39 Å². The van der Waals surface area contributed by atoms with E-state index in [9.17, 15) is 19.1 Å². The number of carbonyl (C=O) groups excluding carboxylic acids is 2. The number of aryl methyl sites for hydroxylation is 1. The Morgan fingerprint density at radius 2 is 1.82 bits per heavy atom. The molecule has 1 aliphatic rings. The molecule has 0 unspecified atom stereocenters. The van der Waals surface area contributed by atoms with Gasteiger partial charge >= 0.3 is 0 Å². The third-order valence-corrected chi connectivity index (χ3v) is 5.75. The molecule has 1 saturated heterocycles. The fraction of sp³-hybridized carbons (Fsp3) is 0.407. The summed E-state index contributed by atoms with van der Waals surface area (Å²) in [6.45, 7) is 7.61. The minimum absolute atomic E-state index is 0.0108. The fourth-order valence-corrected chi connectivity index (χ4v) is 4.03. The lowest BCUT2D eigenvalue weighted by atomic mass is 9.94. The van der Waals surface area contributed by atoms with Crippen molar-refractivity contribution in [2.24, 2.45) is 5.92 Å². The van der Waals surface area contributed by atoms with Crippen LogP contribution >= 0.6 is 0 Å². The molecule has 1 fully saturated rings. The summed E-state index contributed by atoms with van der Waals surface area (Å²) in [5, 5.41) is 11.2. The summed E-state index contributed by atoms with van der Waals surface area (Å²) in [5.74, 6) is -1.00. The highest BCUT2D eigenvalue weighted by molar-refractivity contribution is 6.46. The number of nitrogens with zero attached hydrogens (tertiary/aromatic N) is 2. The third-order valence-electron chi connectivity index (χ3n) is 5.75. The Kier molecular flexibility index (Phi) is 8.10. The highest BCUT2D eigenvalue weighted by atomic mass is 19.1. The number of likely N-dealkylation sites (tertiary alicyclic amines) is 1. The van der Waals surface area contributed by atoms with Crippen molar-refractivity contribution in [2.45, 2.75) is 33.2 Å². The van der Waals surface area contributed by atoms with Gasteiger partial charge < -0.3 is 19.6 Å². The van der Waals surface area contributed by atoms with Gasteiger partial charge in [0, 0.05) is 12.1 Å². The van der Waals surface area contributed by atoms with Gasteiger partial charge in [0.15, 0.2) is 0 Å². The molecular formula is C27H33FN2O4. The number of hydrogen-bond donors (Lipinski definition) is 1. The van der Waals surface area contributed by atoms with E-state index in [1.165, 1.54) is 17.0 Å². The number of benzene rings is 2. The molecule has 1 heterocycles. The Bertz CT molecular complexity index is 1080. The normalized spacial score (nSPS) is 17.8. The zero-order valence-electron chi connectivity index (χ0n) is 20.5. The highest BCUT2D eigenvalue weighted by Gasteiger charge is 2.45. The number of carbonyl (C=O) groups is 2. The van der Waals surface area contributed by atoms with E-state index in [1.807, 2.05) is 25.9 Å². The lowest BCUT2D eigenvalue weighted by molar-refractivity contribution is -0.139. The maximum absolute atomic E-state index is 13.6. The average molecular weight is 469 g/mol. The molecule has 182 valence electrons. The maximum atomic E-state index is 13.6. The van der Waals surface area contributed by atoms with E-state index in [2.05, 4.69) is 13.8 Å². The number of amides is 1. The molecule has 7 heteroatoms. The molecule has 34 heavy (non-hydrogen) atoms. The van der Waals surface area contributed by atoms with Crippen LogP contribution in [0.5, 0.6) is 5.75 Å². The molecule has 1 atom stereocenters. The quantitative estimate of drug-likeness (QED) is 0.332. The lowest BCUT2D eigenvalue weighted by Gasteiger charge is -2.26. The molecule has 0 aromatic heterocycles. The first kappa shape index (κ1) is 25.4. The van der Waals surface area contributed by atoms with E-state index in [0.29, 0.717) is 42.4 Å². The van der Waals surface area contributed by atoms with Crippen molar-refractivity contribution in [3.8, 4) is 5.75 Å². The minimum atomic E-state index is -0.792. The smallest absolute Gasteiger partial charge is 0.295 e. The van der Waals surface area contributed by atoms with Gasteiger partial charge in [0.2, 0.25) is 0 Å². The molecule has 0 saturated carbocycles. The first-order chi connectivity index (χ1) is 16.1. The summed E-state index contributed by atoms with van der Waals surface area (Å²) in [4.78, 5) is 29.5. The topological polar surface area (TPSA) is 70.1 Å². The highest BCUT2D eigenvalue weighted by Crippen LogP contribution is 2.40. The van der Waals surface area contributed by atoms with Gasteiger partial charge in [-0.05, 0) is 81.4 Å². The molecule has 2 aromatic carbocycles. The molecule has 2 aromatic rings. The van der Waals surface area contributed by atoms with Crippen LogP contribution in [0, 0.1) is 18.7 Å². The van der Waals surface area contributed by atoms with Crippen LogP contribution in [-0.2, 0) is 9.59 Å². The number of rotatable bonds is 9. The van der Waals surface area contributed by atoms with Crippen LogP contribution in [0.1, 0.15) is 43.0 Å². The fourth-order valence-electron chi connectivity index (χ4n) is 4.03. The predicted octanol–water partition coefficient (Wildman–Crippen LogP) is 4.54. The Hall–Kier alpha value is -3.19. The molecule has 0 radical (unpaired) electrons. The summed E-state index contributed by atoms with van der Waals surface area (Å²) in [5.41, 5.74) is 1.81. The zero-order valence-corrected chi connectivity index (χ0v) is 20.5. The van der Waals surface area contributed by atoms with E-state index in [-0.39, 0.29) is 11.3 Å². The van der Waals surface area contributed by atoms with Crippen molar-refractivity contribution in [1.29, 1.82) is 0 Å². The van der Waals surface area contributed by atoms with Gasteiger partial charge in [0.05, 0.1) is 18.2 Å². The Labute approximate surface area is 200 Å². The molecule has 0 spiro atoms. The molecule has 0 bridgehead atoms. The predicted molar refractivity (Wildman–Crippen MR) is 130 cm³/mol. The SMILES string of the molecule is Cc1cc(C(O)=C2C(=O)C(=O)N(CCCN(C)C)[C@@H]2c2ccc(F)cc2)ccc1OCC(C)C. The number of hydrogen-bond acceptors (Lipinski definition) is 5. The second-order valence-electron chi connectivity index (χ2n) is 9.39. The van der Waals surface area contributed by atoms with Gasteiger partial charge in [-0.3, -0.25) is 9.59 Å². The number of aliphatic hydroxyl groups excluding tert-OH is 1. The summed E-state index contributed by atoms with van der Waals surface area (Å²) >= 11 is 0. The molecular weight excluding hydrogens is 435 g/mol. The average Bonchev–Trinajstić information content (AvgIpc) is 3.03. The number of ketones is 1.